The Kier molecular flexibility index (Phi) is 2.15. The number of hydrogen-bond donors (Lipinski definition) is 1. The minimum atomic E-state index is 0.115. The molecule has 0 unspecified atom stereocenters. The molecule has 0 aromatic heterocycles. The second kappa shape index (κ2) is 3.33. The standard InChI is InChI=1S/C11H14N2O/c1-8(14)9-4-3-5-10-11(9)12-6-7-13(10)2/h3-5,12H,6-7H2,1-2H3. The lowest BCUT2D eigenvalue weighted by atomic mass is 10.1. The van der Waals surface area contributed by atoms with E-state index in [9.17, 15) is 4.79 Å². The van der Waals surface area contributed by atoms with Gasteiger partial charge in [0, 0.05) is 25.7 Å². The van der Waals surface area contributed by atoms with Crippen molar-refractivity contribution in [2.24, 2.45) is 0 Å². The number of carbonyl (C=O) groups is 1. The Balaban J connectivity index is 2.55. The Bertz CT molecular complexity index is 374. The maximum atomic E-state index is 11.4. The summed E-state index contributed by atoms with van der Waals surface area (Å²) in [5.74, 6) is 0.115. The fourth-order valence-electron chi connectivity index (χ4n) is 1.81. The van der Waals surface area contributed by atoms with Crippen LogP contribution in [0.3, 0.4) is 0 Å². The van der Waals surface area contributed by atoms with E-state index in [1.165, 1.54) is 0 Å². The van der Waals surface area contributed by atoms with E-state index in [1.54, 1.807) is 6.92 Å². The highest BCUT2D eigenvalue weighted by molar-refractivity contribution is 6.02. The summed E-state index contributed by atoms with van der Waals surface area (Å²) in [6, 6.07) is 5.83. The molecule has 0 spiro atoms. The van der Waals surface area contributed by atoms with E-state index in [4.69, 9.17) is 0 Å². The maximum absolute atomic E-state index is 11.4. The highest BCUT2D eigenvalue weighted by Crippen LogP contribution is 2.31. The summed E-state index contributed by atoms with van der Waals surface area (Å²) in [5, 5.41) is 3.28. The third-order valence-corrected chi connectivity index (χ3v) is 2.58. The van der Waals surface area contributed by atoms with Crippen LogP contribution in [0.15, 0.2) is 18.2 Å². The molecule has 0 aliphatic carbocycles. The van der Waals surface area contributed by atoms with Crippen LogP contribution in [-0.4, -0.2) is 25.9 Å². The van der Waals surface area contributed by atoms with Crippen molar-refractivity contribution >= 4 is 17.2 Å². The number of nitrogens with zero attached hydrogens (tertiary/aromatic N) is 1. The molecule has 1 heterocycles. The van der Waals surface area contributed by atoms with Gasteiger partial charge in [0.15, 0.2) is 5.78 Å². The molecule has 2 rings (SSSR count). The van der Waals surface area contributed by atoms with Gasteiger partial charge in [-0.25, -0.2) is 0 Å². The molecule has 74 valence electrons. The summed E-state index contributed by atoms with van der Waals surface area (Å²) in [6.45, 7) is 3.48. The number of carbonyl (C=O) groups excluding carboxylic acids is 1. The van der Waals surface area contributed by atoms with Gasteiger partial charge in [-0.2, -0.15) is 0 Å². The number of rotatable bonds is 1. The summed E-state index contributed by atoms with van der Waals surface area (Å²) >= 11 is 0. The molecule has 1 aliphatic rings. The Morgan fingerprint density at radius 3 is 3.00 bits per heavy atom. The fourth-order valence-corrected chi connectivity index (χ4v) is 1.81. The highest BCUT2D eigenvalue weighted by atomic mass is 16.1. The van der Waals surface area contributed by atoms with Crippen LogP contribution >= 0.6 is 0 Å². The number of nitrogens with one attached hydrogen (secondary N) is 1. The normalized spacial score (nSPS) is 14.6. The Hall–Kier alpha value is -1.51. The number of likely N-dealkylation sites (N-methyl/N-ethyl adjacent to an activating group) is 1. The monoisotopic (exact) mass is 190 g/mol. The zero-order valence-corrected chi connectivity index (χ0v) is 8.50. The first-order chi connectivity index (χ1) is 6.70. The van der Waals surface area contributed by atoms with E-state index in [-0.39, 0.29) is 5.78 Å². The van der Waals surface area contributed by atoms with Gasteiger partial charge in [-0.1, -0.05) is 6.07 Å². The Morgan fingerprint density at radius 1 is 1.50 bits per heavy atom. The van der Waals surface area contributed by atoms with Crippen molar-refractivity contribution in [3.05, 3.63) is 23.8 Å². The molecule has 1 N–H and O–H groups in total. The van der Waals surface area contributed by atoms with Crippen LogP contribution in [-0.2, 0) is 0 Å². The summed E-state index contributed by atoms with van der Waals surface area (Å²) in [7, 11) is 2.05. The number of ketones is 1. The first-order valence-corrected chi connectivity index (χ1v) is 4.79. The van der Waals surface area contributed by atoms with E-state index >= 15 is 0 Å². The molecule has 0 radical (unpaired) electrons. The van der Waals surface area contributed by atoms with Gasteiger partial charge in [0.05, 0.1) is 11.4 Å². The number of fused-ring (bicyclic) bond motifs is 1. The second-order valence-electron chi connectivity index (χ2n) is 3.60. The summed E-state index contributed by atoms with van der Waals surface area (Å²) in [4.78, 5) is 13.5. The van der Waals surface area contributed by atoms with Gasteiger partial charge in [-0.15, -0.1) is 0 Å². The first kappa shape index (κ1) is 9.06. The maximum Gasteiger partial charge on any atom is 0.161 e. The fraction of sp³-hybridized carbons (Fsp3) is 0.364. The zero-order valence-electron chi connectivity index (χ0n) is 8.50. The van der Waals surface area contributed by atoms with E-state index in [2.05, 4.69) is 10.2 Å². The molecule has 14 heavy (non-hydrogen) atoms. The largest absolute Gasteiger partial charge is 0.381 e. The lowest BCUT2D eigenvalue weighted by Crippen LogP contribution is -2.31. The Labute approximate surface area is 83.7 Å². The van der Waals surface area contributed by atoms with Gasteiger partial charge in [-0.3, -0.25) is 4.79 Å². The molecule has 0 amide bonds. The number of anilines is 2. The van der Waals surface area contributed by atoms with Gasteiger partial charge in [0.25, 0.3) is 0 Å². The number of Topliss-reactive ketones (excluding diaryl/α,β-unsaturated/α-hetero) is 1. The molecule has 0 fully saturated rings. The molecule has 1 aliphatic heterocycles. The van der Waals surface area contributed by atoms with E-state index in [0.29, 0.717) is 0 Å². The van der Waals surface area contributed by atoms with Crippen molar-refractivity contribution in [3.8, 4) is 0 Å². The molecular weight excluding hydrogens is 176 g/mol. The second-order valence-corrected chi connectivity index (χ2v) is 3.60. The van der Waals surface area contributed by atoms with Crippen molar-refractivity contribution in [2.75, 3.05) is 30.4 Å². The molecule has 3 nitrogen and oxygen atoms in total. The van der Waals surface area contributed by atoms with Crippen LogP contribution in [0.1, 0.15) is 17.3 Å². The van der Waals surface area contributed by atoms with Crippen LogP contribution < -0.4 is 10.2 Å². The molecule has 0 saturated carbocycles. The average Bonchev–Trinajstić information content (AvgIpc) is 2.17. The van der Waals surface area contributed by atoms with Crippen LogP contribution in [0.25, 0.3) is 0 Å². The van der Waals surface area contributed by atoms with Gasteiger partial charge in [0.1, 0.15) is 0 Å². The van der Waals surface area contributed by atoms with E-state index < -0.39 is 0 Å². The lowest BCUT2D eigenvalue weighted by Gasteiger charge is -2.29. The smallest absolute Gasteiger partial charge is 0.161 e. The molecule has 0 atom stereocenters. The van der Waals surface area contributed by atoms with Gasteiger partial charge < -0.3 is 10.2 Å². The predicted octanol–water partition coefficient (Wildman–Crippen LogP) is 1.75. The number of benzene rings is 1. The average molecular weight is 190 g/mol. The zero-order chi connectivity index (χ0) is 10.1. The van der Waals surface area contributed by atoms with Crippen LogP contribution in [0.4, 0.5) is 11.4 Å². The van der Waals surface area contributed by atoms with Gasteiger partial charge in [0.2, 0.25) is 0 Å². The molecule has 0 saturated heterocycles. The molecule has 1 aromatic carbocycles. The molecule has 3 heteroatoms. The predicted molar refractivity (Wildman–Crippen MR) is 58.2 cm³/mol. The Morgan fingerprint density at radius 2 is 2.29 bits per heavy atom. The highest BCUT2D eigenvalue weighted by Gasteiger charge is 2.17. The van der Waals surface area contributed by atoms with E-state index in [1.807, 2.05) is 25.2 Å². The minimum Gasteiger partial charge on any atom is -0.381 e. The quantitative estimate of drug-likeness (QED) is 0.685. The molecule has 1 aromatic rings. The van der Waals surface area contributed by atoms with Crippen molar-refractivity contribution in [1.82, 2.24) is 0 Å². The SMILES string of the molecule is CC(=O)c1cccc2c1NCCN2C. The van der Waals surface area contributed by atoms with E-state index in [0.717, 1.165) is 30.0 Å². The summed E-state index contributed by atoms with van der Waals surface area (Å²) < 4.78 is 0. The van der Waals surface area contributed by atoms with Crippen molar-refractivity contribution in [1.29, 1.82) is 0 Å². The van der Waals surface area contributed by atoms with Crippen molar-refractivity contribution in [2.45, 2.75) is 6.92 Å². The summed E-state index contributed by atoms with van der Waals surface area (Å²) in [6.07, 6.45) is 0. The number of para-hydroxylation sites is 1. The van der Waals surface area contributed by atoms with Crippen molar-refractivity contribution < 1.29 is 4.79 Å². The molecule has 0 bridgehead atoms. The first-order valence-electron chi connectivity index (χ1n) is 4.79. The summed E-state index contributed by atoms with van der Waals surface area (Å²) in [5.41, 5.74) is 2.88. The van der Waals surface area contributed by atoms with Crippen molar-refractivity contribution in [3.63, 3.8) is 0 Å². The van der Waals surface area contributed by atoms with Crippen LogP contribution in [0.2, 0.25) is 0 Å². The third kappa shape index (κ3) is 1.35. The van der Waals surface area contributed by atoms with Gasteiger partial charge in [-0.05, 0) is 19.1 Å². The molecular formula is C11H14N2O. The topological polar surface area (TPSA) is 32.3 Å². The number of hydrogen-bond acceptors (Lipinski definition) is 3. The van der Waals surface area contributed by atoms with Gasteiger partial charge >= 0.3 is 0 Å². The minimum absolute atomic E-state index is 0.115. The van der Waals surface area contributed by atoms with Crippen LogP contribution in [0, 0.1) is 0 Å². The lowest BCUT2D eigenvalue weighted by molar-refractivity contribution is 0.101. The third-order valence-electron chi connectivity index (χ3n) is 2.58. The van der Waals surface area contributed by atoms with Crippen LogP contribution in [0.5, 0.6) is 0 Å².